The van der Waals surface area contributed by atoms with Gasteiger partial charge in [-0.05, 0) is 11.8 Å². The highest BCUT2D eigenvalue weighted by molar-refractivity contribution is 5.98. The fourth-order valence-electron chi connectivity index (χ4n) is 1.51. The monoisotopic (exact) mass is 215 g/mol. The van der Waals surface area contributed by atoms with Crippen molar-refractivity contribution in [1.29, 1.82) is 0 Å². The van der Waals surface area contributed by atoms with E-state index in [2.05, 4.69) is 0 Å². The number of imide groups is 1. The number of hydrogen-bond donors (Lipinski definition) is 1. The Labute approximate surface area is 89.0 Å². The van der Waals surface area contributed by atoms with Gasteiger partial charge in [-0.2, -0.15) is 0 Å². The van der Waals surface area contributed by atoms with Crippen molar-refractivity contribution in [3.63, 3.8) is 0 Å². The van der Waals surface area contributed by atoms with Crippen LogP contribution in [0.15, 0.2) is 0 Å². The average molecular weight is 215 g/mol. The van der Waals surface area contributed by atoms with E-state index < -0.39 is 0 Å². The highest BCUT2D eigenvalue weighted by Crippen LogP contribution is 2.22. The van der Waals surface area contributed by atoms with E-state index in [1.807, 2.05) is 13.8 Å². The zero-order chi connectivity index (χ0) is 11.5. The second-order valence-electron chi connectivity index (χ2n) is 4.50. The third-order valence-electron chi connectivity index (χ3n) is 2.43. The van der Waals surface area contributed by atoms with Crippen LogP contribution in [0.1, 0.15) is 20.3 Å². The summed E-state index contributed by atoms with van der Waals surface area (Å²) in [4.78, 5) is 24.0. The third kappa shape index (κ3) is 3.28. The Morgan fingerprint density at radius 3 is 2.33 bits per heavy atom. The molecule has 15 heavy (non-hydrogen) atoms. The van der Waals surface area contributed by atoms with Crippen molar-refractivity contribution in [2.45, 2.75) is 20.3 Å². The molecule has 5 nitrogen and oxygen atoms in total. The molecule has 1 heterocycles. The van der Waals surface area contributed by atoms with Crippen LogP contribution < -0.4 is 0 Å². The molecule has 1 rings (SSSR count). The Morgan fingerprint density at radius 2 is 1.87 bits per heavy atom. The van der Waals surface area contributed by atoms with Crippen LogP contribution in [0.25, 0.3) is 0 Å². The summed E-state index contributed by atoms with van der Waals surface area (Å²) < 4.78 is 4.81. The number of morpholine rings is 1. The first kappa shape index (κ1) is 12.1. The minimum atomic E-state index is -0.294. The Kier molecular flexibility index (Phi) is 3.82. The summed E-state index contributed by atoms with van der Waals surface area (Å²) in [6, 6.07) is 0. The SMILES string of the molecule is CC(C)(CCO)CN1C(=O)COCC1=O. The van der Waals surface area contributed by atoms with E-state index in [-0.39, 0.29) is 37.0 Å². The number of aliphatic hydroxyl groups is 1. The van der Waals surface area contributed by atoms with Crippen molar-refractivity contribution in [3.8, 4) is 0 Å². The molecule has 1 aliphatic heterocycles. The van der Waals surface area contributed by atoms with Gasteiger partial charge >= 0.3 is 0 Å². The van der Waals surface area contributed by atoms with Gasteiger partial charge in [0, 0.05) is 13.2 Å². The number of ether oxygens (including phenoxy) is 1. The van der Waals surface area contributed by atoms with Gasteiger partial charge in [0.1, 0.15) is 13.2 Å². The van der Waals surface area contributed by atoms with E-state index in [9.17, 15) is 9.59 Å². The summed E-state index contributed by atoms with van der Waals surface area (Å²) in [6.07, 6.45) is 0.560. The summed E-state index contributed by atoms with van der Waals surface area (Å²) in [5, 5.41) is 8.85. The number of amides is 2. The minimum absolute atomic E-state index is 0.0268. The molecular weight excluding hydrogens is 198 g/mol. The van der Waals surface area contributed by atoms with Gasteiger partial charge in [-0.25, -0.2) is 0 Å². The standard InChI is InChI=1S/C10H17NO4/c1-10(2,3-4-12)7-11-8(13)5-15-6-9(11)14/h12H,3-7H2,1-2H3. The smallest absolute Gasteiger partial charge is 0.255 e. The quantitative estimate of drug-likeness (QED) is 0.658. The number of aliphatic hydroxyl groups excluding tert-OH is 1. The second kappa shape index (κ2) is 4.72. The maximum absolute atomic E-state index is 11.4. The second-order valence-corrected chi connectivity index (χ2v) is 4.50. The van der Waals surface area contributed by atoms with Crippen LogP contribution in [-0.2, 0) is 14.3 Å². The van der Waals surface area contributed by atoms with Crippen LogP contribution in [0.4, 0.5) is 0 Å². The lowest BCUT2D eigenvalue weighted by molar-refractivity contribution is -0.160. The molecule has 0 radical (unpaired) electrons. The molecule has 0 spiro atoms. The lowest BCUT2D eigenvalue weighted by atomic mass is 9.89. The van der Waals surface area contributed by atoms with Gasteiger partial charge in [-0.3, -0.25) is 14.5 Å². The molecule has 0 aromatic rings. The topological polar surface area (TPSA) is 66.8 Å². The van der Waals surface area contributed by atoms with E-state index in [0.717, 1.165) is 0 Å². The van der Waals surface area contributed by atoms with E-state index >= 15 is 0 Å². The summed E-state index contributed by atoms with van der Waals surface area (Å²) >= 11 is 0. The molecule has 1 saturated heterocycles. The zero-order valence-corrected chi connectivity index (χ0v) is 9.15. The molecule has 0 bridgehead atoms. The van der Waals surface area contributed by atoms with Crippen LogP contribution in [0.2, 0.25) is 0 Å². The normalized spacial score (nSPS) is 18.5. The minimum Gasteiger partial charge on any atom is -0.396 e. The molecular formula is C10H17NO4. The predicted molar refractivity (Wildman–Crippen MR) is 53.0 cm³/mol. The largest absolute Gasteiger partial charge is 0.396 e. The Morgan fingerprint density at radius 1 is 1.33 bits per heavy atom. The molecule has 0 atom stereocenters. The molecule has 0 aromatic carbocycles. The average Bonchev–Trinajstić information content (AvgIpc) is 2.11. The lowest BCUT2D eigenvalue weighted by Crippen LogP contribution is -2.49. The lowest BCUT2D eigenvalue weighted by Gasteiger charge is -2.33. The summed E-state index contributed by atoms with van der Waals surface area (Å²) in [5.74, 6) is -0.588. The maximum atomic E-state index is 11.4. The number of carbonyl (C=O) groups is 2. The molecule has 0 unspecified atom stereocenters. The molecule has 86 valence electrons. The molecule has 0 aromatic heterocycles. The number of carbonyl (C=O) groups excluding carboxylic acids is 2. The van der Waals surface area contributed by atoms with Gasteiger partial charge < -0.3 is 9.84 Å². The highest BCUT2D eigenvalue weighted by Gasteiger charge is 2.31. The fraction of sp³-hybridized carbons (Fsp3) is 0.800. The van der Waals surface area contributed by atoms with E-state index in [0.29, 0.717) is 13.0 Å². The van der Waals surface area contributed by atoms with Crippen LogP contribution in [0, 0.1) is 5.41 Å². The molecule has 1 fully saturated rings. The van der Waals surface area contributed by atoms with Crippen LogP contribution >= 0.6 is 0 Å². The molecule has 1 N–H and O–H groups in total. The Bertz CT molecular complexity index is 246. The first-order valence-corrected chi connectivity index (χ1v) is 4.98. The van der Waals surface area contributed by atoms with E-state index in [4.69, 9.17) is 9.84 Å². The first-order chi connectivity index (χ1) is 6.96. The Hall–Kier alpha value is -0.940. The number of nitrogens with zero attached hydrogens (tertiary/aromatic N) is 1. The van der Waals surface area contributed by atoms with Gasteiger partial charge in [0.2, 0.25) is 0 Å². The van der Waals surface area contributed by atoms with E-state index in [1.165, 1.54) is 4.90 Å². The van der Waals surface area contributed by atoms with Gasteiger partial charge in [0.05, 0.1) is 0 Å². The fourth-order valence-corrected chi connectivity index (χ4v) is 1.51. The van der Waals surface area contributed by atoms with Crippen molar-refractivity contribution < 1.29 is 19.4 Å². The van der Waals surface area contributed by atoms with Crippen molar-refractivity contribution in [1.82, 2.24) is 4.90 Å². The van der Waals surface area contributed by atoms with Gasteiger partial charge in [-0.15, -0.1) is 0 Å². The van der Waals surface area contributed by atoms with Crippen molar-refractivity contribution >= 4 is 11.8 Å². The molecule has 5 heteroatoms. The van der Waals surface area contributed by atoms with Gasteiger partial charge in [0.25, 0.3) is 11.8 Å². The predicted octanol–water partition coefficient (Wildman–Crippen LogP) is -0.220. The maximum Gasteiger partial charge on any atom is 0.255 e. The summed E-state index contributed by atoms with van der Waals surface area (Å²) in [5.41, 5.74) is -0.253. The van der Waals surface area contributed by atoms with Crippen molar-refractivity contribution in [2.24, 2.45) is 5.41 Å². The molecule has 2 amide bonds. The molecule has 0 saturated carbocycles. The first-order valence-electron chi connectivity index (χ1n) is 4.98. The van der Waals surface area contributed by atoms with Crippen LogP contribution in [0.3, 0.4) is 0 Å². The van der Waals surface area contributed by atoms with Gasteiger partial charge in [-0.1, -0.05) is 13.8 Å². The van der Waals surface area contributed by atoms with Crippen LogP contribution in [0.5, 0.6) is 0 Å². The highest BCUT2D eigenvalue weighted by atomic mass is 16.5. The van der Waals surface area contributed by atoms with Gasteiger partial charge in [0.15, 0.2) is 0 Å². The number of hydrogen-bond acceptors (Lipinski definition) is 4. The number of rotatable bonds is 4. The molecule has 1 aliphatic rings. The summed E-state index contributed by atoms with van der Waals surface area (Å²) in [7, 11) is 0. The Balaban J connectivity index is 2.62. The van der Waals surface area contributed by atoms with E-state index in [1.54, 1.807) is 0 Å². The van der Waals surface area contributed by atoms with Crippen molar-refractivity contribution in [2.75, 3.05) is 26.4 Å². The van der Waals surface area contributed by atoms with Crippen molar-refractivity contribution in [3.05, 3.63) is 0 Å². The zero-order valence-electron chi connectivity index (χ0n) is 9.15. The van der Waals surface area contributed by atoms with Crippen LogP contribution in [-0.4, -0.2) is 48.2 Å². The third-order valence-corrected chi connectivity index (χ3v) is 2.43. The summed E-state index contributed by atoms with van der Waals surface area (Å²) in [6.45, 7) is 4.18. The molecule has 0 aliphatic carbocycles.